The summed E-state index contributed by atoms with van der Waals surface area (Å²) in [5.41, 5.74) is 0.828. The molecule has 0 unspecified atom stereocenters. The molecular formula is C14H19N3O3S. The minimum absolute atomic E-state index is 0.118. The summed E-state index contributed by atoms with van der Waals surface area (Å²) >= 11 is 0. The fourth-order valence-electron chi connectivity index (χ4n) is 1.79. The first-order valence-electron chi connectivity index (χ1n) is 6.59. The Morgan fingerprint density at radius 2 is 2.14 bits per heavy atom. The van der Waals surface area contributed by atoms with Crippen molar-refractivity contribution in [3.05, 3.63) is 42.2 Å². The van der Waals surface area contributed by atoms with Gasteiger partial charge in [0.2, 0.25) is 10.0 Å². The molecule has 0 aliphatic heterocycles. The number of nitrogens with one attached hydrogen (secondary N) is 1. The molecule has 0 bridgehead atoms. The summed E-state index contributed by atoms with van der Waals surface area (Å²) in [6.45, 7) is 4.08. The number of rotatable bonds is 6. The maximum absolute atomic E-state index is 12.2. The zero-order chi connectivity index (χ0) is 15.5. The zero-order valence-corrected chi connectivity index (χ0v) is 13.1. The second-order valence-electron chi connectivity index (χ2n) is 4.93. The molecule has 1 N–H and O–H groups in total. The van der Waals surface area contributed by atoms with Crippen LogP contribution in [0, 0.1) is 0 Å². The van der Waals surface area contributed by atoms with Gasteiger partial charge in [-0.05, 0) is 31.5 Å². The van der Waals surface area contributed by atoms with E-state index in [0.29, 0.717) is 5.75 Å². The molecule has 1 aromatic carbocycles. The molecule has 2 aromatic rings. The molecule has 0 saturated carbocycles. The van der Waals surface area contributed by atoms with Crippen molar-refractivity contribution >= 4 is 10.0 Å². The Balaban J connectivity index is 2.09. The lowest BCUT2D eigenvalue weighted by Crippen LogP contribution is -2.22. The van der Waals surface area contributed by atoms with Crippen molar-refractivity contribution in [2.24, 2.45) is 0 Å². The maximum Gasteiger partial charge on any atom is 0.243 e. The molecule has 6 nitrogen and oxygen atoms in total. The van der Waals surface area contributed by atoms with Gasteiger partial charge in [-0.2, -0.15) is 5.10 Å². The first-order chi connectivity index (χ1) is 9.92. The van der Waals surface area contributed by atoms with Crippen molar-refractivity contribution in [2.45, 2.75) is 31.3 Å². The van der Waals surface area contributed by atoms with E-state index < -0.39 is 10.0 Å². The summed E-state index contributed by atoms with van der Waals surface area (Å²) in [5, 5.41) is 4.04. The Hall–Kier alpha value is -1.86. The van der Waals surface area contributed by atoms with Crippen LogP contribution in [0.4, 0.5) is 0 Å². The summed E-state index contributed by atoms with van der Waals surface area (Å²) in [6, 6.07) is 7.37. The molecule has 0 amide bonds. The van der Waals surface area contributed by atoms with Gasteiger partial charge in [0.15, 0.2) is 0 Å². The number of aromatic nitrogens is 2. The largest absolute Gasteiger partial charge is 0.497 e. The minimum atomic E-state index is -3.56. The van der Waals surface area contributed by atoms with Gasteiger partial charge in [-0.3, -0.25) is 4.68 Å². The fraction of sp³-hybridized carbons (Fsp3) is 0.357. The SMILES string of the molecule is COc1cccc(CNS(=O)(=O)c2cnn(C(C)C)c2)c1. The Labute approximate surface area is 124 Å². The Kier molecular flexibility index (Phi) is 4.64. The number of ether oxygens (including phenoxy) is 1. The van der Waals surface area contributed by atoms with Crippen LogP contribution in [-0.2, 0) is 16.6 Å². The van der Waals surface area contributed by atoms with E-state index in [4.69, 9.17) is 4.74 Å². The van der Waals surface area contributed by atoms with E-state index in [-0.39, 0.29) is 17.5 Å². The highest BCUT2D eigenvalue weighted by Gasteiger charge is 2.16. The van der Waals surface area contributed by atoms with Crippen molar-refractivity contribution in [1.29, 1.82) is 0 Å². The van der Waals surface area contributed by atoms with Gasteiger partial charge in [0.1, 0.15) is 10.6 Å². The normalized spacial score (nSPS) is 11.8. The third kappa shape index (κ3) is 3.83. The van der Waals surface area contributed by atoms with Crippen molar-refractivity contribution in [3.63, 3.8) is 0 Å². The summed E-state index contributed by atoms with van der Waals surface area (Å²) < 4.78 is 33.7. The molecule has 1 aromatic heterocycles. The predicted octanol–water partition coefficient (Wildman–Crippen LogP) is 1.95. The van der Waals surface area contributed by atoms with Crippen LogP contribution in [0.5, 0.6) is 5.75 Å². The number of methoxy groups -OCH3 is 1. The van der Waals surface area contributed by atoms with Gasteiger partial charge in [-0.15, -0.1) is 0 Å². The molecule has 114 valence electrons. The van der Waals surface area contributed by atoms with Crippen LogP contribution < -0.4 is 9.46 Å². The third-order valence-corrected chi connectivity index (χ3v) is 4.37. The lowest BCUT2D eigenvalue weighted by Gasteiger charge is -2.07. The van der Waals surface area contributed by atoms with Crippen LogP contribution in [0.25, 0.3) is 0 Å². The van der Waals surface area contributed by atoms with Crippen molar-refractivity contribution in [3.8, 4) is 5.75 Å². The highest BCUT2D eigenvalue weighted by molar-refractivity contribution is 7.89. The Morgan fingerprint density at radius 3 is 2.76 bits per heavy atom. The minimum Gasteiger partial charge on any atom is -0.497 e. The van der Waals surface area contributed by atoms with Gasteiger partial charge in [-0.1, -0.05) is 12.1 Å². The van der Waals surface area contributed by atoms with E-state index in [1.54, 1.807) is 17.9 Å². The first kappa shape index (κ1) is 15.5. The van der Waals surface area contributed by atoms with Gasteiger partial charge in [0, 0.05) is 18.8 Å². The molecule has 21 heavy (non-hydrogen) atoms. The van der Waals surface area contributed by atoms with E-state index >= 15 is 0 Å². The molecule has 0 aliphatic rings. The maximum atomic E-state index is 12.2. The van der Waals surface area contributed by atoms with Gasteiger partial charge in [0.05, 0.1) is 13.3 Å². The highest BCUT2D eigenvalue weighted by atomic mass is 32.2. The van der Waals surface area contributed by atoms with Crippen molar-refractivity contribution < 1.29 is 13.2 Å². The smallest absolute Gasteiger partial charge is 0.243 e. The standard InChI is InChI=1S/C14H19N3O3S/c1-11(2)17-10-14(9-15-17)21(18,19)16-8-12-5-4-6-13(7-12)20-3/h4-7,9-11,16H,8H2,1-3H3. The molecule has 7 heteroatoms. The average molecular weight is 309 g/mol. The van der Waals surface area contributed by atoms with E-state index in [1.165, 1.54) is 12.4 Å². The number of sulfonamides is 1. The van der Waals surface area contributed by atoms with Crippen molar-refractivity contribution in [2.75, 3.05) is 7.11 Å². The Morgan fingerprint density at radius 1 is 1.38 bits per heavy atom. The van der Waals surface area contributed by atoms with Gasteiger partial charge in [-0.25, -0.2) is 13.1 Å². The number of nitrogens with zero attached hydrogens (tertiary/aromatic N) is 2. The van der Waals surface area contributed by atoms with Crippen LogP contribution in [-0.4, -0.2) is 25.3 Å². The Bertz CT molecular complexity index is 708. The molecular weight excluding hydrogens is 290 g/mol. The molecule has 0 spiro atoms. The topological polar surface area (TPSA) is 73.2 Å². The zero-order valence-electron chi connectivity index (χ0n) is 12.3. The summed E-state index contributed by atoms with van der Waals surface area (Å²) in [4.78, 5) is 0.166. The summed E-state index contributed by atoms with van der Waals surface area (Å²) in [5.74, 6) is 0.694. The van der Waals surface area contributed by atoms with Crippen LogP contribution in [0.15, 0.2) is 41.6 Å². The fourth-order valence-corrected chi connectivity index (χ4v) is 2.74. The molecule has 0 radical (unpaired) electrons. The number of benzene rings is 1. The average Bonchev–Trinajstić information content (AvgIpc) is 2.96. The lowest BCUT2D eigenvalue weighted by molar-refractivity contribution is 0.414. The molecule has 0 saturated heterocycles. The van der Waals surface area contributed by atoms with Crippen molar-refractivity contribution in [1.82, 2.24) is 14.5 Å². The van der Waals surface area contributed by atoms with E-state index in [0.717, 1.165) is 5.56 Å². The molecule has 2 rings (SSSR count). The van der Waals surface area contributed by atoms with E-state index in [2.05, 4.69) is 9.82 Å². The van der Waals surface area contributed by atoms with Gasteiger partial charge >= 0.3 is 0 Å². The van der Waals surface area contributed by atoms with Crippen LogP contribution >= 0.6 is 0 Å². The first-order valence-corrected chi connectivity index (χ1v) is 8.07. The highest BCUT2D eigenvalue weighted by Crippen LogP contribution is 2.14. The van der Waals surface area contributed by atoms with Crippen LogP contribution in [0.1, 0.15) is 25.5 Å². The predicted molar refractivity (Wildman–Crippen MR) is 79.6 cm³/mol. The second kappa shape index (κ2) is 6.28. The van der Waals surface area contributed by atoms with Gasteiger partial charge < -0.3 is 4.74 Å². The number of hydrogen-bond acceptors (Lipinski definition) is 4. The molecule has 0 atom stereocenters. The molecule has 0 aliphatic carbocycles. The molecule has 0 fully saturated rings. The summed E-state index contributed by atoms with van der Waals surface area (Å²) in [7, 11) is -1.99. The molecule has 1 heterocycles. The summed E-state index contributed by atoms with van der Waals surface area (Å²) in [6.07, 6.45) is 2.88. The van der Waals surface area contributed by atoms with E-state index in [1.807, 2.05) is 32.0 Å². The van der Waals surface area contributed by atoms with Gasteiger partial charge in [0.25, 0.3) is 0 Å². The lowest BCUT2D eigenvalue weighted by atomic mass is 10.2. The second-order valence-corrected chi connectivity index (χ2v) is 6.69. The van der Waals surface area contributed by atoms with Crippen LogP contribution in [0.2, 0.25) is 0 Å². The van der Waals surface area contributed by atoms with Crippen LogP contribution in [0.3, 0.4) is 0 Å². The monoisotopic (exact) mass is 309 g/mol. The third-order valence-electron chi connectivity index (χ3n) is 3.02. The number of hydrogen-bond donors (Lipinski definition) is 1. The quantitative estimate of drug-likeness (QED) is 0.885. The van der Waals surface area contributed by atoms with E-state index in [9.17, 15) is 8.42 Å².